The molecule has 160 valence electrons. The maximum Gasteiger partial charge on any atom is 0.231 e. The van der Waals surface area contributed by atoms with Gasteiger partial charge in [-0.1, -0.05) is 54.6 Å². The first-order valence-corrected chi connectivity index (χ1v) is 10.5. The lowest BCUT2D eigenvalue weighted by molar-refractivity contribution is -0.130. The van der Waals surface area contributed by atoms with Crippen LogP contribution in [0.3, 0.4) is 0 Å². The van der Waals surface area contributed by atoms with Gasteiger partial charge in [0.25, 0.3) is 0 Å². The van der Waals surface area contributed by atoms with E-state index in [1.807, 2.05) is 54.6 Å². The second-order valence-electron chi connectivity index (χ2n) is 7.80. The Hall–Kier alpha value is -3.18. The molecule has 4 rings (SSSR count). The Morgan fingerprint density at radius 2 is 1.58 bits per heavy atom. The minimum absolute atomic E-state index is 0.0492. The molecule has 1 amide bonds. The summed E-state index contributed by atoms with van der Waals surface area (Å²) in [6.45, 7) is 1.96. The molecule has 5 heteroatoms. The van der Waals surface area contributed by atoms with E-state index in [0.717, 1.165) is 22.4 Å². The summed E-state index contributed by atoms with van der Waals surface area (Å²) in [4.78, 5) is 13.2. The summed E-state index contributed by atoms with van der Waals surface area (Å²) in [6, 6.07) is 24.0. The first-order chi connectivity index (χ1) is 15.2. The Bertz CT molecular complexity index is 981. The average molecular weight is 419 g/mol. The van der Waals surface area contributed by atoms with Crippen LogP contribution in [0.1, 0.15) is 29.5 Å². The quantitative estimate of drug-likeness (QED) is 0.600. The van der Waals surface area contributed by atoms with Crippen LogP contribution in [0, 0.1) is 5.82 Å². The normalized spacial score (nSPS) is 15.3. The molecule has 0 bridgehead atoms. The average Bonchev–Trinajstić information content (AvgIpc) is 2.83. The molecule has 1 N–H and O–H groups in total. The molecule has 1 aliphatic rings. The summed E-state index contributed by atoms with van der Waals surface area (Å²) in [6.07, 6.45) is 1.16. The van der Waals surface area contributed by atoms with E-state index in [2.05, 4.69) is 5.32 Å². The SMILES string of the molecule is O=C(NCc1ccc(OCc2ccccc2)cc1)C1(c2ccc(F)cc2)CCOCC1. The van der Waals surface area contributed by atoms with Crippen molar-refractivity contribution < 1.29 is 18.7 Å². The van der Waals surface area contributed by atoms with Crippen LogP contribution in [0.25, 0.3) is 0 Å². The van der Waals surface area contributed by atoms with Crippen molar-refractivity contribution in [2.24, 2.45) is 0 Å². The lowest BCUT2D eigenvalue weighted by Crippen LogP contribution is -2.47. The van der Waals surface area contributed by atoms with Crippen LogP contribution >= 0.6 is 0 Å². The van der Waals surface area contributed by atoms with Gasteiger partial charge >= 0.3 is 0 Å². The molecule has 1 fully saturated rings. The largest absolute Gasteiger partial charge is 0.489 e. The Labute approximate surface area is 182 Å². The summed E-state index contributed by atoms with van der Waals surface area (Å²) >= 11 is 0. The molecule has 1 aliphatic heterocycles. The van der Waals surface area contributed by atoms with Crippen molar-refractivity contribution in [2.75, 3.05) is 13.2 Å². The predicted octanol–water partition coefficient (Wildman–Crippen LogP) is 4.77. The fourth-order valence-electron chi connectivity index (χ4n) is 3.93. The minimum Gasteiger partial charge on any atom is -0.489 e. The lowest BCUT2D eigenvalue weighted by atomic mass is 9.73. The molecule has 0 aromatic heterocycles. The zero-order chi connectivity index (χ0) is 21.5. The number of amides is 1. The lowest BCUT2D eigenvalue weighted by Gasteiger charge is -2.36. The zero-order valence-electron chi connectivity index (χ0n) is 17.4. The predicted molar refractivity (Wildman–Crippen MR) is 117 cm³/mol. The van der Waals surface area contributed by atoms with Crippen molar-refractivity contribution in [3.63, 3.8) is 0 Å². The van der Waals surface area contributed by atoms with Crippen LogP contribution in [-0.4, -0.2) is 19.1 Å². The molecule has 0 atom stereocenters. The second-order valence-corrected chi connectivity index (χ2v) is 7.80. The highest BCUT2D eigenvalue weighted by atomic mass is 19.1. The van der Waals surface area contributed by atoms with Gasteiger partial charge in [-0.25, -0.2) is 4.39 Å². The molecule has 4 nitrogen and oxygen atoms in total. The van der Waals surface area contributed by atoms with Gasteiger partial charge in [-0.2, -0.15) is 0 Å². The molecule has 3 aromatic carbocycles. The number of benzene rings is 3. The molecule has 0 saturated carbocycles. The Kier molecular flexibility index (Phi) is 6.63. The van der Waals surface area contributed by atoms with Crippen LogP contribution in [0.2, 0.25) is 0 Å². The van der Waals surface area contributed by atoms with Crippen LogP contribution < -0.4 is 10.1 Å². The van der Waals surface area contributed by atoms with E-state index in [1.165, 1.54) is 12.1 Å². The number of hydrogen-bond donors (Lipinski definition) is 1. The van der Waals surface area contributed by atoms with Gasteiger partial charge in [0, 0.05) is 19.8 Å². The van der Waals surface area contributed by atoms with Gasteiger partial charge in [0.15, 0.2) is 0 Å². The van der Waals surface area contributed by atoms with Crippen molar-refractivity contribution in [1.82, 2.24) is 5.32 Å². The number of ether oxygens (including phenoxy) is 2. The molecular weight excluding hydrogens is 393 g/mol. The Balaban J connectivity index is 1.38. The van der Waals surface area contributed by atoms with Crippen molar-refractivity contribution in [2.45, 2.75) is 31.4 Å². The number of halogens is 1. The Morgan fingerprint density at radius 1 is 0.903 bits per heavy atom. The molecule has 1 heterocycles. The summed E-state index contributed by atoms with van der Waals surface area (Å²) in [5.74, 6) is 0.430. The molecule has 0 spiro atoms. The molecule has 1 saturated heterocycles. The van der Waals surface area contributed by atoms with E-state index in [0.29, 0.717) is 39.2 Å². The van der Waals surface area contributed by atoms with E-state index in [-0.39, 0.29) is 11.7 Å². The van der Waals surface area contributed by atoms with Crippen LogP contribution in [-0.2, 0) is 28.1 Å². The fraction of sp³-hybridized carbons (Fsp3) is 0.269. The van der Waals surface area contributed by atoms with E-state index in [9.17, 15) is 9.18 Å². The van der Waals surface area contributed by atoms with Gasteiger partial charge in [-0.15, -0.1) is 0 Å². The standard InChI is InChI=1S/C26H26FNO3/c27-23-10-8-22(9-11-23)26(14-16-30-17-15-26)25(29)28-18-20-6-12-24(13-7-20)31-19-21-4-2-1-3-5-21/h1-13H,14-19H2,(H,28,29). The highest BCUT2D eigenvalue weighted by Crippen LogP contribution is 2.35. The third-order valence-electron chi connectivity index (χ3n) is 5.80. The van der Waals surface area contributed by atoms with Crippen LogP contribution in [0.4, 0.5) is 4.39 Å². The van der Waals surface area contributed by atoms with Crippen molar-refractivity contribution in [3.8, 4) is 5.75 Å². The number of carbonyl (C=O) groups excluding carboxylic acids is 1. The topological polar surface area (TPSA) is 47.6 Å². The monoisotopic (exact) mass is 419 g/mol. The van der Waals surface area contributed by atoms with E-state index in [4.69, 9.17) is 9.47 Å². The molecule has 0 aliphatic carbocycles. The molecule has 0 radical (unpaired) electrons. The number of rotatable bonds is 7. The minimum atomic E-state index is -0.690. The first kappa shape index (κ1) is 21.1. The van der Waals surface area contributed by atoms with Crippen molar-refractivity contribution in [1.29, 1.82) is 0 Å². The van der Waals surface area contributed by atoms with Crippen molar-refractivity contribution >= 4 is 5.91 Å². The second kappa shape index (κ2) is 9.75. The molecule has 0 unspecified atom stereocenters. The van der Waals surface area contributed by atoms with Gasteiger partial charge in [0.2, 0.25) is 5.91 Å². The number of hydrogen-bond acceptors (Lipinski definition) is 3. The van der Waals surface area contributed by atoms with Gasteiger partial charge in [0.05, 0.1) is 5.41 Å². The van der Waals surface area contributed by atoms with Gasteiger partial charge < -0.3 is 14.8 Å². The highest BCUT2D eigenvalue weighted by molar-refractivity contribution is 5.88. The molecule has 3 aromatic rings. The van der Waals surface area contributed by atoms with Crippen molar-refractivity contribution in [3.05, 3.63) is 101 Å². The summed E-state index contributed by atoms with van der Waals surface area (Å²) < 4.78 is 24.7. The van der Waals surface area contributed by atoms with Crippen LogP contribution in [0.15, 0.2) is 78.9 Å². The smallest absolute Gasteiger partial charge is 0.231 e. The molecule has 31 heavy (non-hydrogen) atoms. The highest BCUT2D eigenvalue weighted by Gasteiger charge is 2.41. The third-order valence-corrected chi connectivity index (χ3v) is 5.80. The van der Waals surface area contributed by atoms with E-state index < -0.39 is 5.41 Å². The third kappa shape index (κ3) is 5.12. The maximum atomic E-state index is 13.4. The summed E-state index contributed by atoms with van der Waals surface area (Å²) in [7, 11) is 0. The first-order valence-electron chi connectivity index (χ1n) is 10.5. The van der Waals surface area contributed by atoms with Gasteiger partial charge in [-0.05, 0) is 53.8 Å². The number of nitrogens with one attached hydrogen (secondary N) is 1. The van der Waals surface area contributed by atoms with Crippen LogP contribution in [0.5, 0.6) is 5.75 Å². The Morgan fingerprint density at radius 3 is 2.26 bits per heavy atom. The zero-order valence-corrected chi connectivity index (χ0v) is 17.4. The fourth-order valence-corrected chi connectivity index (χ4v) is 3.93. The van der Waals surface area contributed by atoms with E-state index >= 15 is 0 Å². The number of carbonyl (C=O) groups is 1. The maximum absolute atomic E-state index is 13.4. The van der Waals surface area contributed by atoms with Gasteiger partial charge in [0.1, 0.15) is 18.2 Å². The summed E-state index contributed by atoms with van der Waals surface area (Å²) in [5.41, 5.74) is 2.24. The summed E-state index contributed by atoms with van der Waals surface area (Å²) in [5, 5.41) is 3.07. The van der Waals surface area contributed by atoms with Gasteiger partial charge in [-0.3, -0.25) is 4.79 Å². The van der Waals surface area contributed by atoms with E-state index in [1.54, 1.807) is 12.1 Å². The molecular formula is C26H26FNO3.